The maximum absolute atomic E-state index is 12.4. The van der Waals surface area contributed by atoms with E-state index in [0.29, 0.717) is 23.4 Å². The third kappa shape index (κ3) is 5.38. The summed E-state index contributed by atoms with van der Waals surface area (Å²) in [6.07, 6.45) is 2.48. The molecule has 0 aromatic heterocycles. The number of nitrogens with one attached hydrogen (secondary N) is 1. The summed E-state index contributed by atoms with van der Waals surface area (Å²) in [4.78, 5) is 36.1. The van der Waals surface area contributed by atoms with Gasteiger partial charge in [-0.2, -0.15) is 0 Å². The molecule has 5 heteroatoms. The highest BCUT2D eigenvalue weighted by Crippen LogP contribution is 2.17. The second-order valence-electron chi connectivity index (χ2n) is 6.26. The molecular formula is C22H23NO4. The first-order valence-electron chi connectivity index (χ1n) is 8.70. The number of benzene rings is 2. The van der Waals surface area contributed by atoms with Crippen molar-refractivity contribution in [2.45, 2.75) is 27.7 Å². The van der Waals surface area contributed by atoms with Gasteiger partial charge in [0.25, 0.3) is 0 Å². The maximum atomic E-state index is 12.4. The molecule has 0 bridgehead atoms. The normalized spacial score (nSPS) is 10.7. The number of aryl methyl sites for hydroxylation is 3. The van der Waals surface area contributed by atoms with Gasteiger partial charge >= 0.3 is 5.97 Å². The van der Waals surface area contributed by atoms with Crippen molar-refractivity contribution in [3.8, 4) is 0 Å². The molecule has 140 valence electrons. The molecule has 0 heterocycles. The Kier molecular flexibility index (Phi) is 6.66. The van der Waals surface area contributed by atoms with E-state index in [0.717, 1.165) is 16.7 Å². The summed E-state index contributed by atoms with van der Waals surface area (Å²) in [5.74, 6) is -1.04. The first kappa shape index (κ1) is 20.1. The molecule has 5 nitrogen and oxygen atoms in total. The Labute approximate surface area is 159 Å². The molecule has 2 aromatic rings. The van der Waals surface area contributed by atoms with Crippen LogP contribution in [0.4, 0.5) is 5.69 Å². The predicted molar refractivity (Wildman–Crippen MR) is 105 cm³/mol. The summed E-state index contributed by atoms with van der Waals surface area (Å²) in [5, 5.41) is 2.66. The van der Waals surface area contributed by atoms with Crippen molar-refractivity contribution in [2.75, 3.05) is 11.9 Å². The van der Waals surface area contributed by atoms with Crippen LogP contribution in [-0.4, -0.2) is 24.3 Å². The Balaban J connectivity index is 2.03. The molecule has 1 amide bonds. The molecule has 2 rings (SSSR count). The monoisotopic (exact) mass is 365 g/mol. The topological polar surface area (TPSA) is 72.5 Å². The Morgan fingerprint density at radius 1 is 0.963 bits per heavy atom. The molecule has 0 fully saturated rings. The van der Waals surface area contributed by atoms with E-state index >= 15 is 0 Å². The lowest BCUT2D eigenvalue weighted by Gasteiger charge is -2.08. The molecule has 2 aromatic carbocycles. The zero-order valence-corrected chi connectivity index (χ0v) is 16.0. The Morgan fingerprint density at radius 2 is 1.56 bits per heavy atom. The first-order chi connectivity index (χ1) is 12.8. The maximum Gasteiger partial charge on any atom is 0.338 e. The van der Waals surface area contributed by atoms with E-state index in [4.69, 9.17) is 4.74 Å². The average molecular weight is 365 g/mol. The largest absolute Gasteiger partial charge is 0.462 e. The van der Waals surface area contributed by atoms with Gasteiger partial charge in [0.05, 0.1) is 12.2 Å². The van der Waals surface area contributed by atoms with Crippen molar-refractivity contribution in [2.24, 2.45) is 0 Å². The number of anilines is 1. The summed E-state index contributed by atoms with van der Waals surface area (Å²) in [6, 6.07) is 10.2. The van der Waals surface area contributed by atoms with Gasteiger partial charge in [-0.15, -0.1) is 0 Å². The molecule has 0 aliphatic heterocycles. The Morgan fingerprint density at radius 3 is 2.11 bits per heavy atom. The number of esters is 1. The van der Waals surface area contributed by atoms with Crippen molar-refractivity contribution in [1.29, 1.82) is 0 Å². The van der Waals surface area contributed by atoms with Crippen LogP contribution in [0.3, 0.4) is 0 Å². The molecule has 0 unspecified atom stereocenters. The second kappa shape index (κ2) is 8.94. The third-order valence-corrected chi connectivity index (χ3v) is 3.97. The number of allylic oxidation sites excluding steroid dienone is 1. The molecular weight excluding hydrogens is 342 g/mol. The van der Waals surface area contributed by atoms with Gasteiger partial charge in [0.15, 0.2) is 5.78 Å². The van der Waals surface area contributed by atoms with Gasteiger partial charge in [0, 0.05) is 17.3 Å². The van der Waals surface area contributed by atoms with E-state index in [2.05, 4.69) is 5.32 Å². The molecule has 0 saturated carbocycles. The number of ketones is 1. The minimum absolute atomic E-state index is 0.210. The lowest BCUT2D eigenvalue weighted by molar-refractivity contribution is -0.111. The molecule has 0 spiro atoms. The zero-order valence-electron chi connectivity index (χ0n) is 16.0. The smallest absolute Gasteiger partial charge is 0.338 e. The van der Waals surface area contributed by atoms with E-state index < -0.39 is 11.9 Å². The predicted octanol–water partition coefficient (Wildman–Crippen LogP) is 4.17. The third-order valence-electron chi connectivity index (χ3n) is 3.97. The van der Waals surface area contributed by atoms with Gasteiger partial charge in [-0.05, 0) is 69.2 Å². The number of hydrogen-bond donors (Lipinski definition) is 1. The van der Waals surface area contributed by atoms with Crippen molar-refractivity contribution in [1.82, 2.24) is 0 Å². The van der Waals surface area contributed by atoms with E-state index in [1.165, 1.54) is 12.2 Å². The lowest BCUT2D eigenvalue weighted by atomic mass is 9.96. The van der Waals surface area contributed by atoms with Crippen LogP contribution in [0.15, 0.2) is 48.6 Å². The zero-order chi connectivity index (χ0) is 20.0. The fourth-order valence-corrected chi connectivity index (χ4v) is 2.89. The van der Waals surface area contributed by atoms with Crippen LogP contribution >= 0.6 is 0 Å². The number of rotatable bonds is 6. The molecule has 0 saturated heterocycles. The van der Waals surface area contributed by atoms with Crippen LogP contribution in [0.2, 0.25) is 0 Å². The molecule has 27 heavy (non-hydrogen) atoms. The number of amides is 1. The van der Waals surface area contributed by atoms with Gasteiger partial charge < -0.3 is 10.1 Å². The quantitative estimate of drug-likeness (QED) is 0.474. The standard InChI is InChI=1S/C22H23NO4/c1-5-27-22(26)17-6-8-18(9-7-17)23-20(25)11-10-19(24)21-15(3)12-14(2)13-16(21)4/h6-13H,5H2,1-4H3,(H,23,25)/b11-10+. The summed E-state index contributed by atoms with van der Waals surface area (Å²) in [6.45, 7) is 7.78. The van der Waals surface area contributed by atoms with E-state index in [9.17, 15) is 14.4 Å². The fourth-order valence-electron chi connectivity index (χ4n) is 2.89. The number of hydrogen-bond acceptors (Lipinski definition) is 4. The van der Waals surface area contributed by atoms with Crippen LogP contribution in [0, 0.1) is 20.8 Å². The molecule has 0 atom stereocenters. The Bertz CT molecular complexity index is 872. The molecule has 0 aliphatic carbocycles. The van der Waals surface area contributed by atoms with Crippen LogP contribution in [-0.2, 0) is 9.53 Å². The van der Waals surface area contributed by atoms with Gasteiger partial charge in [-0.3, -0.25) is 9.59 Å². The minimum atomic E-state index is -0.422. The highest BCUT2D eigenvalue weighted by Gasteiger charge is 2.11. The van der Waals surface area contributed by atoms with Crippen LogP contribution in [0.25, 0.3) is 0 Å². The van der Waals surface area contributed by atoms with Crippen molar-refractivity contribution in [3.05, 3.63) is 76.4 Å². The molecule has 0 aliphatic rings. The van der Waals surface area contributed by atoms with E-state index in [1.807, 2.05) is 32.9 Å². The summed E-state index contributed by atoms with van der Waals surface area (Å²) >= 11 is 0. The van der Waals surface area contributed by atoms with E-state index in [1.54, 1.807) is 31.2 Å². The lowest BCUT2D eigenvalue weighted by Crippen LogP contribution is -2.10. The first-order valence-corrected chi connectivity index (χ1v) is 8.70. The number of ether oxygens (including phenoxy) is 1. The summed E-state index contributed by atoms with van der Waals surface area (Å²) < 4.78 is 4.91. The van der Waals surface area contributed by atoms with Crippen molar-refractivity contribution in [3.63, 3.8) is 0 Å². The fraction of sp³-hybridized carbons (Fsp3) is 0.227. The Hall–Kier alpha value is -3.21. The van der Waals surface area contributed by atoms with Crippen LogP contribution in [0.5, 0.6) is 0 Å². The average Bonchev–Trinajstić information content (AvgIpc) is 2.60. The van der Waals surface area contributed by atoms with Gasteiger partial charge in [0.1, 0.15) is 0 Å². The van der Waals surface area contributed by atoms with Crippen LogP contribution < -0.4 is 5.32 Å². The highest BCUT2D eigenvalue weighted by atomic mass is 16.5. The number of carbonyl (C=O) groups excluding carboxylic acids is 3. The number of carbonyl (C=O) groups is 3. The SMILES string of the molecule is CCOC(=O)c1ccc(NC(=O)/C=C/C(=O)c2c(C)cc(C)cc2C)cc1. The molecule has 0 radical (unpaired) electrons. The summed E-state index contributed by atoms with van der Waals surface area (Å²) in [7, 11) is 0. The van der Waals surface area contributed by atoms with Gasteiger partial charge in [-0.1, -0.05) is 17.7 Å². The van der Waals surface area contributed by atoms with Crippen molar-refractivity contribution >= 4 is 23.3 Å². The minimum Gasteiger partial charge on any atom is -0.462 e. The molecule has 1 N–H and O–H groups in total. The van der Waals surface area contributed by atoms with E-state index in [-0.39, 0.29) is 5.78 Å². The highest BCUT2D eigenvalue weighted by molar-refractivity contribution is 6.11. The second-order valence-corrected chi connectivity index (χ2v) is 6.26. The van der Waals surface area contributed by atoms with Gasteiger partial charge in [-0.25, -0.2) is 4.79 Å². The van der Waals surface area contributed by atoms with Crippen LogP contribution in [0.1, 0.15) is 44.3 Å². The summed E-state index contributed by atoms with van der Waals surface area (Å²) in [5.41, 5.74) is 4.41. The van der Waals surface area contributed by atoms with Crippen molar-refractivity contribution < 1.29 is 19.1 Å². The van der Waals surface area contributed by atoms with Gasteiger partial charge in [0.2, 0.25) is 5.91 Å².